The normalized spacial score (nSPS) is 15.3. The highest BCUT2D eigenvalue weighted by Crippen LogP contribution is 2.33. The fraction of sp³-hybridized carbons (Fsp3) is 0.400. The number of aryl methyl sites for hydroxylation is 2. The molecule has 0 bridgehead atoms. The zero-order valence-electron chi connectivity index (χ0n) is 14.6. The number of hydrogen-bond acceptors (Lipinski definition) is 4. The van der Waals surface area contributed by atoms with Gasteiger partial charge in [0, 0.05) is 37.5 Å². The molecule has 2 heterocycles. The molecular weight excluding hydrogens is 298 g/mol. The summed E-state index contributed by atoms with van der Waals surface area (Å²) in [6.45, 7) is 9.24. The first kappa shape index (κ1) is 15.2. The second-order valence-electron chi connectivity index (χ2n) is 6.43. The van der Waals surface area contributed by atoms with Crippen LogP contribution < -0.4 is 10.3 Å². The Labute approximate surface area is 142 Å². The van der Waals surface area contributed by atoms with Gasteiger partial charge >= 0.3 is 0 Å². The van der Waals surface area contributed by atoms with Crippen molar-refractivity contribution in [1.29, 1.82) is 0 Å². The maximum atomic E-state index is 6.20. The van der Waals surface area contributed by atoms with E-state index in [1.165, 1.54) is 17.7 Å². The molecule has 0 fully saturated rings. The van der Waals surface area contributed by atoms with E-state index in [-0.39, 0.29) is 0 Å². The summed E-state index contributed by atoms with van der Waals surface area (Å²) in [5, 5.41) is 0.989. The quantitative estimate of drug-likeness (QED) is 0.672. The second kappa shape index (κ2) is 5.93. The standard InChI is InChI=1S/C20H23N3O/c1-4-21-15-11-19-16(9-13(15)3)22-17-10-14-7-6-8-23(5-2)18(14)12-20(17)24-19/h9-12H,4-8H2,1-3H3/b21-15-. The molecule has 0 unspecified atom stereocenters. The molecule has 1 aromatic rings. The lowest BCUT2D eigenvalue weighted by atomic mass is 10.0. The average molecular weight is 321 g/mol. The lowest BCUT2D eigenvalue weighted by Gasteiger charge is -2.30. The molecule has 0 saturated heterocycles. The Morgan fingerprint density at radius 1 is 1.21 bits per heavy atom. The fourth-order valence-electron chi connectivity index (χ4n) is 3.59. The predicted octanol–water partition coefficient (Wildman–Crippen LogP) is 3.93. The summed E-state index contributed by atoms with van der Waals surface area (Å²) in [6, 6.07) is 8.45. The van der Waals surface area contributed by atoms with Gasteiger partial charge in [0.05, 0.1) is 5.36 Å². The van der Waals surface area contributed by atoms with Gasteiger partial charge in [-0.3, -0.25) is 4.99 Å². The van der Waals surface area contributed by atoms with Crippen LogP contribution in [0.25, 0.3) is 22.6 Å². The van der Waals surface area contributed by atoms with Crippen molar-refractivity contribution in [1.82, 2.24) is 4.98 Å². The molecule has 2 aliphatic heterocycles. The van der Waals surface area contributed by atoms with Gasteiger partial charge < -0.3 is 9.32 Å². The van der Waals surface area contributed by atoms with Crippen LogP contribution in [-0.4, -0.2) is 24.6 Å². The average Bonchev–Trinajstić information content (AvgIpc) is 2.59. The molecule has 0 radical (unpaired) electrons. The molecule has 4 heteroatoms. The maximum Gasteiger partial charge on any atom is 0.155 e. The number of fused-ring (bicyclic) bond motifs is 3. The summed E-state index contributed by atoms with van der Waals surface area (Å²) in [5.41, 5.74) is 6.52. The van der Waals surface area contributed by atoms with Gasteiger partial charge in [-0.05, 0) is 56.9 Å². The van der Waals surface area contributed by atoms with Gasteiger partial charge in [-0.25, -0.2) is 4.98 Å². The van der Waals surface area contributed by atoms with E-state index >= 15 is 0 Å². The van der Waals surface area contributed by atoms with Crippen LogP contribution in [0.3, 0.4) is 0 Å². The minimum Gasteiger partial charge on any atom is -0.453 e. The lowest BCUT2D eigenvalue weighted by Crippen LogP contribution is -2.28. The zero-order valence-corrected chi connectivity index (χ0v) is 14.6. The molecule has 4 nitrogen and oxygen atoms in total. The topological polar surface area (TPSA) is 41.6 Å². The third-order valence-corrected chi connectivity index (χ3v) is 4.82. The highest BCUT2D eigenvalue weighted by Gasteiger charge is 2.19. The van der Waals surface area contributed by atoms with E-state index in [0.29, 0.717) is 0 Å². The number of benzene rings is 2. The molecule has 3 aliphatic rings. The first-order valence-electron chi connectivity index (χ1n) is 8.83. The van der Waals surface area contributed by atoms with Crippen LogP contribution in [0.1, 0.15) is 31.4 Å². The van der Waals surface area contributed by atoms with Crippen LogP contribution in [0.4, 0.5) is 5.69 Å². The van der Waals surface area contributed by atoms with Crippen molar-refractivity contribution >= 4 is 16.8 Å². The van der Waals surface area contributed by atoms with Gasteiger partial charge in [-0.15, -0.1) is 0 Å². The SMILES string of the molecule is CC/N=c1/cc2oc3cc4c(cc3nc-2cc1C)CCCN4CC. The molecule has 0 saturated carbocycles. The zero-order chi connectivity index (χ0) is 16.7. The van der Waals surface area contributed by atoms with Gasteiger partial charge in [-0.2, -0.15) is 0 Å². The number of anilines is 1. The van der Waals surface area contributed by atoms with Crippen molar-refractivity contribution < 1.29 is 4.42 Å². The summed E-state index contributed by atoms with van der Waals surface area (Å²) >= 11 is 0. The Morgan fingerprint density at radius 2 is 2.08 bits per heavy atom. The Balaban J connectivity index is 1.97. The predicted molar refractivity (Wildman–Crippen MR) is 97.7 cm³/mol. The summed E-state index contributed by atoms with van der Waals surface area (Å²) in [6.07, 6.45) is 2.33. The molecule has 1 aliphatic carbocycles. The highest BCUT2D eigenvalue weighted by molar-refractivity contribution is 5.82. The van der Waals surface area contributed by atoms with E-state index in [1.54, 1.807) is 0 Å². The minimum absolute atomic E-state index is 0.770. The Bertz CT molecular complexity index is 942. The number of aromatic nitrogens is 1. The Morgan fingerprint density at radius 3 is 2.88 bits per heavy atom. The van der Waals surface area contributed by atoms with Gasteiger partial charge in [0.15, 0.2) is 11.3 Å². The molecule has 124 valence electrons. The van der Waals surface area contributed by atoms with E-state index in [9.17, 15) is 0 Å². The molecule has 4 rings (SSSR count). The monoisotopic (exact) mass is 321 g/mol. The van der Waals surface area contributed by atoms with Crippen LogP contribution in [0.15, 0.2) is 33.7 Å². The number of rotatable bonds is 2. The van der Waals surface area contributed by atoms with Gasteiger partial charge in [0.2, 0.25) is 0 Å². The van der Waals surface area contributed by atoms with Crippen molar-refractivity contribution in [2.24, 2.45) is 4.99 Å². The molecule has 0 spiro atoms. The molecule has 0 N–H and O–H groups in total. The van der Waals surface area contributed by atoms with Gasteiger partial charge in [-0.1, -0.05) is 0 Å². The third kappa shape index (κ3) is 2.46. The van der Waals surface area contributed by atoms with Crippen LogP contribution >= 0.6 is 0 Å². The molecular formula is C20H23N3O. The summed E-state index contributed by atoms with van der Waals surface area (Å²) in [7, 11) is 0. The highest BCUT2D eigenvalue weighted by atomic mass is 16.3. The molecule has 0 amide bonds. The smallest absolute Gasteiger partial charge is 0.155 e. The minimum atomic E-state index is 0.770. The number of nitrogens with zero attached hydrogens (tertiary/aromatic N) is 3. The summed E-state index contributed by atoms with van der Waals surface area (Å²) in [5.74, 6) is 0.805. The van der Waals surface area contributed by atoms with Crippen LogP contribution in [0.2, 0.25) is 0 Å². The van der Waals surface area contributed by atoms with Crippen molar-refractivity contribution in [3.05, 3.63) is 40.7 Å². The molecule has 0 aromatic heterocycles. The van der Waals surface area contributed by atoms with Crippen LogP contribution in [0.5, 0.6) is 0 Å². The second-order valence-corrected chi connectivity index (χ2v) is 6.43. The fourth-order valence-corrected chi connectivity index (χ4v) is 3.59. The van der Waals surface area contributed by atoms with Gasteiger partial charge in [0.25, 0.3) is 0 Å². The van der Waals surface area contributed by atoms with Crippen molar-refractivity contribution in [2.75, 3.05) is 24.5 Å². The molecule has 0 atom stereocenters. The van der Waals surface area contributed by atoms with E-state index in [4.69, 9.17) is 9.40 Å². The van der Waals surface area contributed by atoms with Gasteiger partial charge in [0.1, 0.15) is 11.2 Å². The van der Waals surface area contributed by atoms with Crippen molar-refractivity contribution in [2.45, 2.75) is 33.6 Å². The van der Waals surface area contributed by atoms with Crippen LogP contribution in [-0.2, 0) is 6.42 Å². The third-order valence-electron chi connectivity index (χ3n) is 4.82. The maximum absolute atomic E-state index is 6.20. The first-order valence-corrected chi connectivity index (χ1v) is 8.83. The van der Waals surface area contributed by atoms with Crippen molar-refractivity contribution in [3.8, 4) is 11.5 Å². The Kier molecular flexibility index (Phi) is 3.75. The van der Waals surface area contributed by atoms with E-state index in [0.717, 1.165) is 59.5 Å². The lowest BCUT2D eigenvalue weighted by molar-refractivity contribution is 0.610. The van der Waals surface area contributed by atoms with E-state index in [2.05, 4.69) is 41.9 Å². The first-order chi connectivity index (χ1) is 11.7. The number of hydrogen-bond donors (Lipinski definition) is 0. The van der Waals surface area contributed by atoms with E-state index in [1.807, 2.05) is 13.0 Å². The largest absolute Gasteiger partial charge is 0.453 e. The van der Waals surface area contributed by atoms with Crippen molar-refractivity contribution in [3.63, 3.8) is 0 Å². The van der Waals surface area contributed by atoms with Crippen LogP contribution in [0, 0.1) is 6.92 Å². The molecule has 24 heavy (non-hydrogen) atoms. The Hall–Kier alpha value is -2.36. The van der Waals surface area contributed by atoms with E-state index < -0.39 is 0 Å². The molecule has 1 aromatic carbocycles. The summed E-state index contributed by atoms with van der Waals surface area (Å²) < 4.78 is 6.20. The summed E-state index contributed by atoms with van der Waals surface area (Å²) in [4.78, 5) is 11.8.